The SMILES string of the molecule is CCc1ccc(NC)c(CC)c1.CO. The summed E-state index contributed by atoms with van der Waals surface area (Å²) in [5, 5.41) is 10.2. The molecule has 1 aromatic rings. The monoisotopic (exact) mass is 195 g/mol. The van der Waals surface area contributed by atoms with Crippen LogP contribution >= 0.6 is 0 Å². The fourth-order valence-electron chi connectivity index (χ4n) is 1.40. The molecule has 0 aliphatic carbocycles. The zero-order valence-corrected chi connectivity index (χ0v) is 9.59. The number of aryl methyl sites for hydroxylation is 2. The lowest BCUT2D eigenvalue weighted by Gasteiger charge is -2.08. The second-order valence-electron chi connectivity index (χ2n) is 2.95. The van der Waals surface area contributed by atoms with Crippen molar-refractivity contribution in [3.8, 4) is 0 Å². The van der Waals surface area contributed by atoms with Crippen molar-refractivity contribution in [1.82, 2.24) is 0 Å². The Morgan fingerprint density at radius 1 is 1.14 bits per heavy atom. The Hall–Kier alpha value is -1.02. The maximum atomic E-state index is 7.00. The van der Waals surface area contributed by atoms with E-state index >= 15 is 0 Å². The van der Waals surface area contributed by atoms with E-state index in [9.17, 15) is 0 Å². The Balaban J connectivity index is 0.000000791. The van der Waals surface area contributed by atoms with Gasteiger partial charge in [-0.2, -0.15) is 0 Å². The topological polar surface area (TPSA) is 32.3 Å². The van der Waals surface area contributed by atoms with E-state index in [0.717, 1.165) is 20.0 Å². The molecule has 0 amide bonds. The van der Waals surface area contributed by atoms with Crippen molar-refractivity contribution in [2.75, 3.05) is 19.5 Å². The van der Waals surface area contributed by atoms with Gasteiger partial charge in [0.25, 0.3) is 0 Å². The minimum absolute atomic E-state index is 1.00. The van der Waals surface area contributed by atoms with Crippen molar-refractivity contribution in [3.05, 3.63) is 29.3 Å². The predicted molar refractivity (Wildman–Crippen MR) is 62.9 cm³/mol. The van der Waals surface area contributed by atoms with Crippen LogP contribution in [-0.4, -0.2) is 19.3 Å². The van der Waals surface area contributed by atoms with E-state index in [1.807, 2.05) is 7.05 Å². The van der Waals surface area contributed by atoms with E-state index in [2.05, 4.69) is 37.4 Å². The number of nitrogens with one attached hydrogen (secondary N) is 1. The van der Waals surface area contributed by atoms with Crippen LogP contribution in [0.1, 0.15) is 25.0 Å². The molecule has 14 heavy (non-hydrogen) atoms. The van der Waals surface area contributed by atoms with Gasteiger partial charge in [0.2, 0.25) is 0 Å². The quantitative estimate of drug-likeness (QED) is 0.776. The van der Waals surface area contributed by atoms with Crippen molar-refractivity contribution in [3.63, 3.8) is 0 Å². The lowest BCUT2D eigenvalue weighted by Crippen LogP contribution is -1.95. The second-order valence-corrected chi connectivity index (χ2v) is 2.95. The van der Waals surface area contributed by atoms with Crippen LogP contribution in [0.5, 0.6) is 0 Å². The number of anilines is 1. The lowest BCUT2D eigenvalue weighted by atomic mass is 10.0. The fraction of sp³-hybridized carbons (Fsp3) is 0.500. The average molecular weight is 195 g/mol. The third-order valence-electron chi connectivity index (χ3n) is 2.23. The van der Waals surface area contributed by atoms with Crippen LogP contribution in [0.3, 0.4) is 0 Å². The van der Waals surface area contributed by atoms with E-state index < -0.39 is 0 Å². The van der Waals surface area contributed by atoms with E-state index in [0.29, 0.717) is 0 Å². The smallest absolute Gasteiger partial charge is 0.0370 e. The van der Waals surface area contributed by atoms with E-state index in [1.165, 1.54) is 16.8 Å². The molecule has 0 fully saturated rings. The van der Waals surface area contributed by atoms with Gasteiger partial charge in [-0.05, 0) is 30.0 Å². The van der Waals surface area contributed by atoms with E-state index in [4.69, 9.17) is 5.11 Å². The first-order valence-corrected chi connectivity index (χ1v) is 5.06. The molecule has 0 bridgehead atoms. The van der Waals surface area contributed by atoms with Gasteiger partial charge in [0, 0.05) is 19.8 Å². The number of hydrogen-bond acceptors (Lipinski definition) is 2. The van der Waals surface area contributed by atoms with Crippen LogP contribution in [0.15, 0.2) is 18.2 Å². The summed E-state index contributed by atoms with van der Waals surface area (Å²) < 4.78 is 0. The number of aliphatic hydroxyl groups excluding tert-OH is 1. The third-order valence-corrected chi connectivity index (χ3v) is 2.23. The van der Waals surface area contributed by atoms with Gasteiger partial charge in [-0.15, -0.1) is 0 Å². The first-order valence-electron chi connectivity index (χ1n) is 5.06. The molecular formula is C12H21NO. The molecule has 0 radical (unpaired) electrons. The summed E-state index contributed by atoms with van der Waals surface area (Å²) in [6.45, 7) is 4.38. The predicted octanol–water partition coefficient (Wildman–Crippen LogP) is 2.46. The van der Waals surface area contributed by atoms with Crippen molar-refractivity contribution in [2.24, 2.45) is 0 Å². The lowest BCUT2D eigenvalue weighted by molar-refractivity contribution is 0.399. The van der Waals surface area contributed by atoms with Crippen LogP contribution in [0.25, 0.3) is 0 Å². The molecular weight excluding hydrogens is 174 g/mol. The summed E-state index contributed by atoms with van der Waals surface area (Å²) >= 11 is 0. The Labute approximate surface area is 87.0 Å². The normalized spacial score (nSPS) is 8.93. The van der Waals surface area contributed by atoms with Crippen LogP contribution in [-0.2, 0) is 12.8 Å². The summed E-state index contributed by atoms with van der Waals surface area (Å²) in [6, 6.07) is 6.63. The van der Waals surface area contributed by atoms with Crippen LogP contribution < -0.4 is 5.32 Å². The van der Waals surface area contributed by atoms with Gasteiger partial charge >= 0.3 is 0 Å². The summed E-state index contributed by atoms with van der Waals surface area (Å²) in [5.74, 6) is 0. The highest BCUT2D eigenvalue weighted by Gasteiger charge is 1.98. The number of benzene rings is 1. The first kappa shape index (κ1) is 13.0. The van der Waals surface area contributed by atoms with Crippen LogP contribution in [0.2, 0.25) is 0 Å². The van der Waals surface area contributed by atoms with Gasteiger partial charge in [-0.1, -0.05) is 26.0 Å². The average Bonchev–Trinajstić information content (AvgIpc) is 2.30. The number of aliphatic hydroxyl groups is 1. The third kappa shape index (κ3) is 3.38. The Bertz CT molecular complexity index is 258. The molecule has 2 nitrogen and oxygen atoms in total. The van der Waals surface area contributed by atoms with Crippen LogP contribution in [0.4, 0.5) is 5.69 Å². The molecule has 80 valence electrons. The number of hydrogen-bond donors (Lipinski definition) is 2. The molecule has 0 aromatic heterocycles. The molecule has 0 aliphatic heterocycles. The zero-order valence-electron chi connectivity index (χ0n) is 9.59. The molecule has 0 saturated heterocycles. The van der Waals surface area contributed by atoms with Gasteiger partial charge in [-0.25, -0.2) is 0 Å². The first-order chi connectivity index (χ1) is 6.81. The Kier molecular flexibility index (Phi) is 6.85. The van der Waals surface area contributed by atoms with Gasteiger partial charge in [0.05, 0.1) is 0 Å². The zero-order chi connectivity index (χ0) is 11.0. The largest absolute Gasteiger partial charge is 0.400 e. The maximum Gasteiger partial charge on any atom is 0.0370 e. The Morgan fingerprint density at radius 2 is 1.79 bits per heavy atom. The summed E-state index contributed by atoms with van der Waals surface area (Å²) in [7, 11) is 2.97. The van der Waals surface area contributed by atoms with E-state index in [-0.39, 0.29) is 0 Å². The van der Waals surface area contributed by atoms with Crippen molar-refractivity contribution in [1.29, 1.82) is 0 Å². The molecule has 0 aliphatic rings. The van der Waals surface area contributed by atoms with Crippen LogP contribution in [0, 0.1) is 0 Å². The highest BCUT2D eigenvalue weighted by Crippen LogP contribution is 2.17. The minimum atomic E-state index is 1.00. The van der Waals surface area contributed by atoms with Gasteiger partial charge in [0.15, 0.2) is 0 Å². The summed E-state index contributed by atoms with van der Waals surface area (Å²) in [5.41, 5.74) is 4.09. The summed E-state index contributed by atoms with van der Waals surface area (Å²) in [6.07, 6.45) is 2.22. The van der Waals surface area contributed by atoms with Gasteiger partial charge < -0.3 is 10.4 Å². The van der Waals surface area contributed by atoms with Gasteiger partial charge in [-0.3, -0.25) is 0 Å². The van der Waals surface area contributed by atoms with Crippen molar-refractivity contribution >= 4 is 5.69 Å². The molecule has 1 rings (SSSR count). The highest BCUT2D eigenvalue weighted by atomic mass is 16.2. The standard InChI is InChI=1S/C11H17N.CH4O/c1-4-9-6-7-11(12-3)10(5-2)8-9;1-2/h6-8,12H,4-5H2,1-3H3;2H,1H3. The molecule has 2 N–H and O–H groups in total. The Morgan fingerprint density at radius 3 is 2.21 bits per heavy atom. The molecule has 1 aromatic carbocycles. The minimum Gasteiger partial charge on any atom is -0.400 e. The van der Waals surface area contributed by atoms with Crippen molar-refractivity contribution < 1.29 is 5.11 Å². The number of rotatable bonds is 3. The highest BCUT2D eigenvalue weighted by molar-refractivity contribution is 5.52. The molecule has 0 heterocycles. The molecule has 0 atom stereocenters. The molecule has 0 spiro atoms. The second kappa shape index (κ2) is 7.39. The van der Waals surface area contributed by atoms with Crippen molar-refractivity contribution in [2.45, 2.75) is 26.7 Å². The van der Waals surface area contributed by atoms with E-state index in [1.54, 1.807) is 0 Å². The van der Waals surface area contributed by atoms with Gasteiger partial charge in [0.1, 0.15) is 0 Å². The summed E-state index contributed by atoms with van der Waals surface area (Å²) in [4.78, 5) is 0. The fourth-order valence-corrected chi connectivity index (χ4v) is 1.40. The molecule has 0 unspecified atom stereocenters. The molecule has 0 saturated carbocycles. The maximum absolute atomic E-state index is 7.00. The molecule has 2 heteroatoms.